The highest BCUT2D eigenvalue weighted by molar-refractivity contribution is 7.15. The van der Waals surface area contributed by atoms with Crippen molar-refractivity contribution in [1.82, 2.24) is 19.6 Å². The van der Waals surface area contributed by atoms with Gasteiger partial charge in [0.2, 0.25) is 0 Å². The van der Waals surface area contributed by atoms with Crippen LogP contribution in [0.3, 0.4) is 0 Å². The fourth-order valence-corrected chi connectivity index (χ4v) is 4.41. The Morgan fingerprint density at radius 1 is 1.10 bits per heavy atom. The minimum absolute atomic E-state index is 0.148. The number of aromatic nitrogens is 2. The van der Waals surface area contributed by atoms with Gasteiger partial charge in [0.05, 0.1) is 0 Å². The molecule has 0 saturated carbocycles. The second kappa shape index (κ2) is 8.26. The molecule has 1 saturated heterocycles. The quantitative estimate of drug-likeness (QED) is 0.661. The van der Waals surface area contributed by atoms with E-state index in [0.29, 0.717) is 18.8 Å². The molecule has 29 heavy (non-hydrogen) atoms. The number of halogens is 1. The molecule has 0 N–H and O–H groups in total. The number of benzene rings is 1. The van der Waals surface area contributed by atoms with Crippen LogP contribution in [0.25, 0.3) is 10.4 Å². The van der Waals surface area contributed by atoms with Crippen molar-refractivity contribution in [3.8, 4) is 10.4 Å². The summed E-state index contributed by atoms with van der Waals surface area (Å²) in [6.07, 6.45) is 0. The molecule has 150 valence electrons. The van der Waals surface area contributed by atoms with E-state index in [9.17, 15) is 14.0 Å². The zero-order valence-corrected chi connectivity index (χ0v) is 16.9. The summed E-state index contributed by atoms with van der Waals surface area (Å²) >= 11 is 1.66. The Labute approximate surface area is 171 Å². The molecular formula is C21H21FN4O2S. The fourth-order valence-electron chi connectivity index (χ4n) is 3.37. The van der Waals surface area contributed by atoms with Crippen LogP contribution in [0.2, 0.25) is 0 Å². The van der Waals surface area contributed by atoms with Crippen LogP contribution in [-0.2, 0) is 13.6 Å². The van der Waals surface area contributed by atoms with Crippen molar-refractivity contribution in [2.45, 2.75) is 6.54 Å². The lowest BCUT2D eigenvalue weighted by molar-refractivity contribution is 0.0621. The monoisotopic (exact) mass is 412 g/mol. The van der Waals surface area contributed by atoms with Crippen molar-refractivity contribution in [3.05, 3.63) is 75.3 Å². The Kier molecular flexibility index (Phi) is 5.55. The first-order valence-corrected chi connectivity index (χ1v) is 10.2. The van der Waals surface area contributed by atoms with Gasteiger partial charge in [0.15, 0.2) is 0 Å². The maximum Gasteiger partial charge on any atom is 0.274 e. The molecule has 8 heteroatoms. The van der Waals surface area contributed by atoms with Gasteiger partial charge < -0.3 is 4.90 Å². The molecule has 1 fully saturated rings. The number of piperazine rings is 1. The summed E-state index contributed by atoms with van der Waals surface area (Å²) in [6, 6.07) is 13.6. The number of carbonyl (C=O) groups is 1. The summed E-state index contributed by atoms with van der Waals surface area (Å²) in [6.45, 7) is 3.58. The summed E-state index contributed by atoms with van der Waals surface area (Å²) in [5.74, 6) is -0.379. The topological polar surface area (TPSA) is 58.4 Å². The van der Waals surface area contributed by atoms with Crippen molar-refractivity contribution >= 4 is 17.2 Å². The SMILES string of the molecule is Cn1nc(C(=O)N2CCN(Cc3ccc(-c4cccc(F)c4)s3)CC2)ccc1=O. The molecule has 1 aliphatic rings. The van der Waals surface area contributed by atoms with Crippen LogP contribution in [0.4, 0.5) is 4.39 Å². The Morgan fingerprint density at radius 2 is 1.90 bits per heavy atom. The number of rotatable bonds is 4. The van der Waals surface area contributed by atoms with E-state index in [0.717, 1.165) is 30.1 Å². The molecule has 0 radical (unpaired) electrons. The Hall–Kier alpha value is -2.84. The van der Waals surface area contributed by atoms with Gasteiger partial charge in [-0.15, -0.1) is 11.3 Å². The molecule has 0 bridgehead atoms. The summed E-state index contributed by atoms with van der Waals surface area (Å²) in [5, 5.41) is 4.05. The largest absolute Gasteiger partial charge is 0.335 e. The molecule has 6 nitrogen and oxygen atoms in total. The van der Waals surface area contributed by atoms with E-state index in [-0.39, 0.29) is 17.3 Å². The van der Waals surface area contributed by atoms with Gasteiger partial charge in [0, 0.05) is 55.6 Å². The van der Waals surface area contributed by atoms with E-state index in [4.69, 9.17) is 0 Å². The predicted octanol–water partition coefficient (Wildman–Crippen LogP) is 2.61. The zero-order valence-electron chi connectivity index (χ0n) is 16.0. The van der Waals surface area contributed by atoms with E-state index in [1.807, 2.05) is 12.1 Å². The lowest BCUT2D eigenvalue weighted by atomic mass is 10.2. The second-order valence-electron chi connectivity index (χ2n) is 7.03. The van der Waals surface area contributed by atoms with Crippen LogP contribution in [0, 0.1) is 5.82 Å². The molecule has 0 spiro atoms. The molecule has 1 amide bonds. The van der Waals surface area contributed by atoms with Crippen LogP contribution in [-0.4, -0.2) is 51.7 Å². The Balaban J connectivity index is 1.35. The number of aryl methyl sites for hydroxylation is 1. The number of hydrogen-bond acceptors (Lipinski definition) is 5. The van der Waals surface area contributed by atoms with Crippen LogP contribution in [0.15, 0.2) is 53.3 Å². The van der Waals surface area contributed by atoms with Gasteiger partial charge in [-0.2, -0.15) is 5.10 Å². The average Bonchev–Trinajstić information content (AvgIpc) is 3.19. The van der Waals surface area contributed by atoms with Crippen LogP contribution >= 0.6 is 11.3 Å². The highest BCUT2D eigenvalue weighted by Crippen LogP contribution is 2.29. The van der Waals surface area contributed by atoms with Gasteiger partial charge >= 0.3 is 0 Å². The van der Waals surface area contributed by atoms with Crippen molar-refractivity contribution in [1.29, 1.82) is 0 Å². The molecule has 2 aromatic heterocycles. The third kappa shape index (κ3) is 4.44. The highest BCUT2D eigenvalue weighted by atomic mass is 32.1. The highest BCUT2D eigenvalue weighted by Gasteiger charge is 2.23. The molecule has 1 aromatic carbocycles. The molecule has 0 aliphatic carbocycles. The first-order valence-electron chi connectivity index (χ1n) is 9.40. The van der Waals surface area contributed by atoms with Crippen molar-refractivity contribution in [2.24, 2.45) is 7.05 Å². The lowest BCUT2D eigenvalue weighted by Crippen LogP contribution is -2.48. The van der Waals surface area contributed by atoms with E-state index in [1.165, 1.54) is 34.8 Å². The normalized spacial score (nSPS) is 14.9. The molecule has 3 aromatic rings. The molecule has 4 rings (SSSR count). The first-order chi connectivity index (χ1) is 14.0. The number of thiophene rings is 1. The van der Waals surface area contributed by atoms with Gasteiger partial charge in [-0.25, -0.2) is 9.07 Å². The second-order valence-corrected chi connectivity index (χ2v) is 8.19. The predicted molar refractivity (Wildman–Crippen MR) is 110 cm³/mol. The summed E-state index contributed by atoms with van der Waals surface area (Å²) in [7, 11) is 1.54. The zero-order chi connectivity index (χ0) is 20.4. The lowest BCUT2D eigenvalue weighted by Gasteiger charge is -2.34. The molecule has 3 heterocycles. The van der Waals surface area contributed by atoms with E-state index in [1.54, 1.807) is 28.4 Å². The van der Waals surface area contributed by atoms with Gasteiger partial charge in [-0.1, -0.05) is 12.1 Å². The van der Waals surface area contributed by atoms with Crippen molar-refractivity contribution < 1.29 is 9.18 Å². The maximum atomic E-state index is 13.4. The van der Waals surface area contributed by atoms with E-state index < -0.39 is 0 Å². The molecule has 1 aliphatic heterocycles. The molecule has 0 atom stereocenters. The van der Waals surface area contributed by atoms with E-state index in [2.05, 4.69) is 16.1 Å². The van der Waals surface area contributed by atoms with E-state index >= 15 is 0 Å². The fraction of sp³-hybridized carbons (Fsp3) is 0.286. The summed E-state index contributed by atoms with van der Waals surface area (Å²) in [5.41, 5.74) is 0.944. The molecule has 0 unspecified atom stereocenters. The number of amides is 1. The smallest absolute Gasteiger partial charge is 0.274 e. The maximum absolute atomic E-state index is 13.4. The summed E-state index contributed by atoms with van der Waals surface area (Å²) in [4.78, 5) is 30.4. The number of carbonyl (C=O) groups excluding carboxylic acids is 1. The Morgan fingerprint density at radius 3 is 2.62 bits per heavy atom. The average molecular weight is 412 g/mol. The van der Waals surface area contributed by atoms with Crippen molar-refractivity contribution in [2.75, 3.05) is 26.2 Å². The van der Waals surface area contributed by atoms with Crippen LogP contribution in [0.5, 0.6) is 0 Å². The Bertz CT molecular complexity index is 1090. The minimum Gasteiger partial charge on any atom is -0.335 e. The van der Waals surface area contributed by atoms with Crippen LogP contribution < -0.4 is 5.56 Å². The van der Waals surface area contributed by atoms with Crippen LogP contribution in [0.1, 0.15) is 15.4 Å². The first kappa shape index (κ1) is 19.5. The standard InChI is InChI=1S/C21H21FN4O2S/c1-24-20(27)8-6-18(23-24)21(28)26-11-9-25(10-12-26)14-17-5-7-19(29-17)15-3-2-4-16(22)13-15/h2-8,13H,9-12,14H2,1H3. The third-order valence-corrected chi connectivity index (χ3v) is 6.11. The summed E-state index contributed by atoms with van der Waals surface area (Å²) < 4.78 is 14.6. The molecular weight excluding hydrogens is 391 g/mol. The minimum atomic E-state index is -0.236. The van der Waals surface area contributed by atoms with Gasteiger partial charge in [0.25, 0.3) is 11.5 Å². The number of hydrogen-bond donors (Lipinski definition) is 0. The van der Waals surface area contributed by atoms with Gasteiger partial charge in [-0.05, 0) is 35.9 Å². The van der Waals surface area contributed by atoms with Crippen molar-refractivity contribution in [3.63, 3.8) is 0 Å². The third-order valence-electron chi connectivity index (χ3n) is 4.99. The van der Waals surface area contributed by atoms with Gasteiger partial charge in [-0.3, -0.25) is 14.5 Å². The number of nitrogens with zero attached hydrogens (tertiary/aromatic N) is 4. The van der Waals surface area contributed by atoms with Gasteiger partial charge in [0.1, 0.15) is 11.5 Å².